The maximum absolute atomic E-state index is 11.1. The van der Waals surface area contributed by atoms with Gasteiger partial charge in [-0.2, -0.15) is 0 Å². The van der Waals surface area contributed by atoms with Gasteiger partial charge in [-0.25, -0.2) is 4.79 Å². The van der Waals surface area contributed by atoms with E-state index in [2.05, 4.69) is 18.8 Å². The summed E-state index contributed by atoms with van der Waals surface area (Å²) in [4.78, 5) is 13.6. The number of nitrogens with two attached hydrogens (primary N) is 1. The molecule has 0 bridgehead atoms. The van der Waals surface area contributed by atoms with Crippen molar-refractivity contribution in [2.24, 2.45) is 5.92 Å². The molecule has 3 N–H and O–H groups in total. The standard InChI is InChI=1S/C13H18N2O4/c1-8(2)7-17-3-4-18-11-6-10-12(5-9(11)14)19-13(16)15-10/h5-6,8H,3-4,7,14H2,1-2H3,(H,15,16). The highest BCUT2D eigenvalue weighted by atomic mass is 16.5. The highest BCUT2D eigenvalue weighted by Crippen LogP contribution is 2.26. The topological polar surface area (TPSA) is 90.5 Å². The van der Waals surface area contributed by atoms with E-state index in [1.807, 2.05) is 0 Å². The molecule has 0 saturated carbocycles. The first-order valence-corrected chi connectivity index (χ1v) is 6.19. The number of ether oxygens (including phenoxy) is 2. The van der Waals surface area contributed by atoms with Gasteiger partial charge in [-0.3, -0.25) is 4.98 Å². The van der Waals surface area contributed by atoms with Crippen LogP contribution in [0.1, 0.15) is 13.8 Å². The molecule has 0 aliphatic heterocycles. The zero-order chi connectivity index (χ0) is 13.8. The average molecular weight is 266 g/mol. The summed E-state index contributed by atoms with van der Waals surface area (Å²) in [6.45, 7) is 5.78. The lowest BCUT2D eigenvalue weighted by Gasteiger charge is -2.10. The molecule has 6 heteroatoms. The van der Waals surface area contributed by atoms with Crippen LogP contribution in [0.3, 0.4) is 0 Å². The smallest absolute Gasteiger partial charge is 0.417 e. The van der Waals surface area contributed by atoms with Gasteiger partial charge in [0, 0.05) is 18.7 Å². The van der Waals surface area contributed by atoms with Gasteiger partial charge >= 0.3 is 5.76 Å². The number of nitrogen functional groups attached to an aromatic ring is 1. The summed E-state index contributed by atoms with van der Waals surface area (Å²) >= 11 is 0. The second kappa shape index (κ2) is 5.79. The fourth-order valence-corrected chi connectivity index (χ4v) is 1.65. The summed E-state index contributed by atoms with van der Waals surface area (Å²) in [7, 11) is 0. The van der Waals surface area contributed by atoms with Crippen molar-refractivity contribution >= 4 is 16.8 Å². The summed E-state index contributed by atoms with van der Waals surface area (Å²) in [6, 6.07) is 3.22. The number of aromatic amines is 1. The highest BCUT2D eigenvalue weighted by Gasteiger charge is 2.07. The monoisotopic (exact) mass is 266 g/mol. The van der Waals surface area contributed by atoms with Crippen molar-refractivity contribution in [3.05, 3.63) is 22.7 Å². The van der Waals surface area contributed by atoms with Crippen molar-refractivity contribution in [2.75, 3.05) is 25.6 Å². The lowest BCUT2D eigenvalue weighted by molar-refractivity contribution is 0.0821. The molecule has 0 unspecified atom stereocenters. The minimum absolute atomic E-state index is 0.407. The molecule has 0 radical (unpaired) electrons. The molecule has 1 aromatic heterocycles. The Morgan fingerprint density at radius 2 is 2.16 bits per heavy atom. The summed E-state index contributed by atoms with van der Waals surface area (Å²) in [5.74, 6) is 0.502. The van der Waals surface area contributed by atoms with Gasteiger partial charge in [-0.1, -0.05) is 13.8 Å². The van der Waals surface area contributed by atoms with E-state index in [9.17, 15) is 4.79 Å². The van der Waals surface area contributed by atoms with Crippen LogP contribution in [0.15, 0.2) is 21.3 Å². The first-order valence-electron chi connectivity index (χ1n) is 6.19. The zero-order valence-electron chi connectivity index (χ0n) is 11.1. The number of H-pyrrole nitrogens is 1. The molecule has 0 fully saturated rings. The first kappa shape index (κ1) is 13.5. The van der Waals surface area contributed by atoms with Crippen LogP contribution in [-0.2, 0) is 4.74 Å². The Kier molecular flexibility index (Phi) is 4.11. The van der Waals surface area contributed by atoms with Crippen LogP contribution in [0, 0.1) is 5.92 Å². The number of oxazole rings is 1. The molecule has 0 aliphatic carbocycles. The molecule has 1 heterocycles. The van der Waals surface area contributed by atoms with Crippen molar-refractivity contribution in [3.63, 3.8) is 0 Å². The fraction of sp³-hybridized carbons (Fsp3) is 0.462. The Morgan fingerprint density at radius 3 is 2.89 bits per heavy atom. The maximum atomic E-state index is 11.1. The van der Waals surface area contributed by atoms with Gasteiger partial charge in [0.2, 0.25) is 0 Å². The number of hydrogen-bond donors (Lipinski definition) is 2. The molecular formula is C13H18N2O4. The Labute approximate surface area is 110 Å². The van der Waals surface area contributed by atoms with E-state index in [1.165, 1.54) is 0 Å². The minimum atomic E-state index is -0.508. The van der Waals surface area contributed by atoms with Gasteiger partial charge in [0.1, 0.15) is 12.4 Å². The Morgan fingerprint density at radius 1 is 1.37 bits per heavy atom. The normalized spacial score (nSPS) is 11.3. The van der Waals surface area contributed by atoms with Crippen LogP contribution < -0.4 is 16.2 Å². The summed E-state index contributed by atoms with van der Waals surface area (Å²) < 4.78 is 15.8. The molecule has 104 valence electrons. The number of rotatable bonds is 6. The van der Waals surface area contributed by atoms with Gasteiger partial charge < -0.3 is 19.6 Å². The van der Waals surface area contributed by atoms with Crippen molar-refractivity contribution in [1.29, 1.82) is 0 Å². The van der Waals surface area contributed by atoms with E-state index in [4.69, 9.17) is 19.6 Å². The van der Waals surface area contributed by atoms with Crippen molar-refractivity contribution in [2.45, 2.75) is 13.8 Å². The third-order valence-electron chi connectivity index (χ3n) is 2.49. The third-order valence-corrected chi connectivity index (χ3v) is 2.49. The Bertz CT molecular complexity index is 600. The molecule has 0 spiro atoms. The summed E-state index contributed by atoms with van der Waals surface area (Å²) in [5.41, 5.74) is 7.24. The number of benzene rings is 1. The predicted octanol–water partition coefficient (Wildman–Crippen LogP) is 1.75. The number of hydrogen-bond acceptors (Lipinski definition) is 5. The molecule has 6 nitrogen and oxygen atoms in total. The summed E-state index contributed by atoms with van der Waals surface area (Å²) in [5, 5.41) is 0. The van der Waals surface area contributed by atoms with Crippen LogP contribution >= 0.6 is 0 Å². The Balaban J connectivity index is 1.96. The quantitative estimate of drug-likeness (QED) is 0.614. The fourth-order valence-electron chi connectivity index (χ4n) is 1.65. The van der Waals surface area contributed by atoms with Crippen LogP contribution in [0.4, 0.5) is 5.69 Å². The molecule has 1 aromatic carbocycles. The molecule has 0 saturated heterocycles. The second-order valence-electron chi connectivity index (χ2n) is 4.72. The number of aromatic nitrogens is 1. The molecule has 19 heavy (non-hydrogen) atoms. The molecular weight excluding hydrogens is 248 g/mol. The lowest BCUT2D eigenvalue weighted by Crippen LogP contribution is -2.10. The highest BCUT2D eigenvalue weighted by molar-refractivity contribution is 5.80. The SMILES string of the molecule is CC(C)COCCOc1cc2[nH]c(=O)oc2cc1N. The number of fused-ring (bicyclic) bond motifs is 1. The van der Waals surface area contributed by atoms with Crippen molar-refractivity contribution < 1.29 is 13.9 Å². The molecule has 0 amide bonds. The van der Waals surface area contributed by atoms with Crippen molar-refractivity contribution in [3.8, 4) is 5.75 Å². The molecule has 2 rings (SSSR count). The first-order chi connectivity index (χ1) is 9.06. The van der Waals surface area contributed by atoms with Crippen LogP contribution in [0.5, 0.6) is 5.75 Å². The number of nitrogens with one attached hydrogen (secondary N) is 1. The molecule has 2 aromatic rings. The van der Waals surface area contributed by atoms with Gasteiger partial charge in [-0.15, -0.1) is 0 Å². The Hall–Kier alpha value is -1.95. The van der Waals surface area contributed by atoms with Crippen LogP contribution in [0.2, 0.25) is 0 Å². The largest absolute Gasteiger partial charge is 0.489 e. The van der Waals surface area contributed by atoms with E-state index < -0.39 is 5.76 Å². The second-order valence-corrected chi connectivity index (χ2v) is 4.72. The predicted molar refractivity (Wildman–Crippen MR) is 72.4 cm³/mol. The van der Waals surface area contributed by atoms with Crippen LogP contribution in [0.25, 0.3) is 11.1 Å². The van der Waals surface area contributed by atoms with E-state index in [0.29, 0.717) is 48.3 Å². The van der Waals surface area contributed by atoms with Crippen LogP contribution in [-0.4, -0.2) is 24.8 Å². The third kappa shape index (κ3) is 3.51. The zero-order valence-corrected chi connectivity index (χ0v) is 11.1. The maximum Gasteiger partial charge on any atom is 0.417 e. The molecule has 0 atom stereocenters. The molecule has 0 aliphatic rings. The van der Waals surface area contributed by atoms with Gasteiger partial charge in [0.25, 0.3) is 0 Å². The minimum Gasteiger partial charge on any atom is -0.489 e. The average Bonchev–Trinajstić information content (AvgIpc) is 2.67. The van der Waals surface area contributed by atoms with Crippen molar-refractivity contribution in [1.82, 2.24) is 4.98 Å². The lowest BCUT2D eigenvalue weighted by atomic mass is 10.2. The van der Waals surface area contributed by atoms with Gasteiger partial charge in [-0.05, 0) is 5.92 Å². The van der Waals surface area contributed by atoms with E-state index in [-0.39, 0.29) is 0 Å². The summed E-state index contributed by atoms with van der Waals surface area (Å²) in [6.07, 6.45) is 0. The van der Waals surface area contributed by atoms with E-state index >= 15 is 0 Å². The van der Waals surface area contributed by atoms with E-state index in [0.717, 1.165) is 0 Å². The number of anilines is 1. The van der Waals surface area contributed by atoms with Gasteiger partial charge in [0.05, 0.1) is 17.8 Å². The van der Waals surface area contributed by atoms with Gasteiger partial charge in [0.15, 0.2) is 5.58 Å². The van der Waals surface area contributed by atoms with E-state index in [1.54, 1.807) is 12.1 Å².